The van der Waals surface area contributed by atoms with Crippen LogP contribution < -0.4 is 15.4 Å². The smallest absolute Gasteiger partial charge is 0.319 e. The summed E-state index contributed by atoms with van der Waals surface area (Å²) >= 11 is 1.72. The van der Waals surface area contributed by atoms with Crippen LogP contribution >= 0.6 is 11.3 Å². The first-order valence-corrected chi connectivity index (χ1v) is 11.7. The number of nitrogens with one attached hydrogen (secondary N) is 2. The summed E-state index contributed by atoms with van der Waals surface area (Å²) in [6.07, 6.45) is 7.24. The van der Waals surface area contributed by atoms with Gasteiger partial charge in [-0.15, -0.1) is 0 Å². The lowest BCUT2D eigenvalue weighted by atomic mass is 10.1. The van der Waals surface area contributed by atoms with Crippen LogP contribution in [0.1, 0.15) is 57.1 Å². The number of anilines is 1. The Labute approximate surface area is 178 Å². The SMILES string of the molecule is CCCCOc1ccc(NC(=O)NCC(c2ccsc2)N2CCCCCC2)cc1. The summed E-state index contributed by atoms with van der Waals surface area (Å²) in [4.78, 5) is 15.0. The lowest BCUT2D eigenvalue weighted by Gasteiger charge is -2.30. The number of thiophene rings is 1. The number of unbranched alkanes of at least 4 members (excludes halogenated alkanes) is 1. The summed E-state index contributed by atoms with van der Waals surface area (Å²) in [5, 5.41) is 10.3. The lowest BCUT2D eigenvalue weighted by Crippen LogP contribution is -2.40. The molecule has 2 aromatic rings. The highest BCUT2D eigenvalue weighted by Gasteiger charge is 2.22. The summed E-state index contributed by atoms with van der Waals surface area (Å²) in [6, 6.07) is 9.81. The number of urea groups is 1. The van der Waals surface area contributed by atoms with Gasteiger partial charge in [0.25, 0.3) is 0 Å². The van der Waals surface area contributed by atoms with Crippen molar-refractivity contribution in [1.29, 1.82) is 0 Å². The second-order valence-electron chi connectivity index (χ2n) is 7.58. The quantitative estimate of drug-likeness (QED) is 0.519. The Hall–Kier alpha value is -2.05. The molecule has 5 nitrogen and oxygen atoms in total. The second kappa shape index (κ2) is 11.8. The average molecular weight is 416 g/mol. The zero-order valence-corrected chi connectivity index (χ0v) is 18.2. The van der Waals surface area contributed by atoms with Crippen molar-refractivity contribution in [3.63, 3.8) is 0 Å². The van der Waals surface area contributed by atoms with E-state index < -0.39 is 0 Å². The molecule has 0 radical (unpaired) electrons. The largest absolute Gasteiger partial charge is 0.494 e. The molecule has 158 valence electrons. The van der Waals surface area contributed by atoms with Crippen molar-refractivity contribution >= 4 is 23.1 Å². The summed E-state index contributed by atoms with van der Waals surface area (Å²) in [7, 11) is 0. The van der Waals surface area contributed by atoms with Gasteiger partial charge in [-0.1, -0.05) is 26.2 Å². The third-order valence-corrected chi connectivity index (χ3v) is 6.05. The maximum absolute atomic E-state index is 12.5. The molecule has 1 saturated heterocycles. The number of nitrogens with zero attached hydrogens (tertiary/aromatic N) is 1. The van der Waals surface area contributed by atoms with E-state index in [1.165, 1.54) is 31.2 Å². The van der Waals surface area contributed by atoms with Crippen molar-refractivity contribution in [3.05, 3.63) is 46.7 Å². The topological polar surface area (TPSA) is 53.6 Å². The number of amides is 2. The Morgan fingerprint density at radius 2 is 1.90 bits per heavy atom. The van der Waals surface area contributed by atoms with E-state index in [1.807, 2.05) is 24.3 Å². The zero-order valence-electron chi connectivity index (χ0n) is 17.4. The van der Waals surface area contributed by atoms with Gasteiger partial charge in [0.1, 0.15) is 5.75 Å². The van der Waals surface area contributed by atoms with E-state index in [0.29, 0.717) is 6.54 Å². The monoisotopic (exact) mass is 415 g/mol. The van der Waals surface area contributed by atoms with E-state index in [9.17, 15) is 4.79 Å². The van der Waals surface area contributed by atoms with Crippen LogP contribution in [-0.2, 0) is 0 Å². The van der Waals surface area contributed by atoms with E-state index in [0.717, 1.165) is 44.0 Å². The number of hydrogen-bond acceptors (Lipinski definition) is 4. The zero-order chi connectivity index (χ0) is 20.3. The van der Waals surface area contributed by atoms with Crippen LogP contribution in [0.4, 0.5) is 10.5 Å². The molecule has 0 saturated carbocycles. The molecule has 1 fully saturated rings. The predicted molar refractivity (Wildman–Crippen MR) is 121 cm³/mol. The fraction of sp³-hybridized carbons (Fsp3) is 0.522. The van der Waals surface area contributed by atoms with Crippen molar-refractivity contribution in [2.75, 3.05) is 31.6 Å². The van der Waals surface area contributed by atoms with Gasteiger partial charge in [0.2, 0.25) is 0 Å². The maximum Gasteiger partial charge on any atom is 0.319 e. The fourth-order valence-corrected chi connectivity index (χ4v) is 4.37. The van der Waals surface area contributed by atoms with Crippen molar-refractivity contribution < 1.29 is 9.53 Å². The van der Waals surface area contributed by atoms with Gasteiger partial charge in [-0.25, -0.2) is 4.79 Å². The standard InChI is InChI=1S/C23H33N3O2S/c1-2-3-15-28-21-10-8-20(9-11-21)25-23(27)24-17-22(19-12-16-29-18-19)26-13-6-4-5-7-14-26/h8-12,16,18,22H,2-7,13-15,17H2,1H3,(H2,24,25,27). The number of rotatable bonds is 9. The maximum atomic E-state index is 12.5. The molecule has 1 aromatic carbocycles. The molecule has 2 heterocycles. The molecule has 1 aliphatic rings. The highest BCUT2D eigenvalue weighted by atomic mass is 32.1. The Morgan fingerprint density at radius 3 is 2.55 bits per heavy atom. The van der Waals surface area contributed by atoms with E-state index >= 15 is 0 Å². The van der Waals surface area contributed by atoms with Gasteiger partial charge in [0.15, 0.2) is 0 Å². The minimum absolute atomic E-state index is 0.167. The average Bonchev–Trinajstić information content (AvgIpc) is 3.12. The number of ether oxygens (including phenoxy) is 1. The Bertz CT molecular complexity index is 710. The number of benzene rings is 1. The first-order valence-electron chi connectivity index (χ1n) is 10.8. The molecule has 29 heavy (non-hydrogen) atoms. The first-order chi connectivity index (χ1) is 14.3. The molecule has 2 N–H and O–H groups in total. The van der Waals surface area contributed by atoms with E-state index in [1.54, 1.807) is 11.3 Å². The van der Waals surface area contributed by atoms with Gasteiger partial charge < -0.3 is 15.4 Å². The van der Waals surface area contributed by atoms with Crippen LogP contribution in [0, 0.1) is 0 Å². The van der Waals surface area contributed by atoms with Gasteiger partial charge in [0.05, 0.1) is 12.6 Å². The molecular formula is C23H33N3O2S. The van der Waals surface area contributed by atoms with E-state index in [-0.39, 0.29) is 12.1 Å². The Kier molecular flexibility index (Phi) is 8.83. The number of likely N-dealkylation sites (tertiary alicyclic amines) is 1. The van der Waals surface area contributed by atoms with Crippen molar-refractivity contribution in [1.82, 2.24) is 10.2 Å². The number of carbonyl (C=O) groups is 1. The first kappa shape index (κ1) is 21.7. The Balaban J connectivity index is 1.52. The summed E-state index contributed by atoms with van der Waals surface area (Å²) in [5.74, 6) is 0.836. The molecule has 3 rings (SSSR count). The third-order valence-electron chi connectivity index (χ3n) is 5.34. The van der Waals surface area contributed by atoms with Crippen molar-refractivity contribution in [2.24, 2.45) is 0 Å². The molecule has 1 unspecified atom stereocenters. The van der Waals surface area contributed by atoms with Gasteiger partial charge >= 0.3 is 6.03 Å². The minimum Gasteiger partial charge on any atom is -0.494 e. The molecule has 6 heteroatoms. The van der Waals surface area contributed by atoms with Crippen LogP contribution in [0.2, 0.25) is 0 Å². The van der Waals surface area contributed by atoms with E-state index in [2.05, 4.69) is 39.3 Å². The normalized spacial score (nSPS) is 16.0. The molecule has 0 spiro atoms. The summed E-state index contributed by atoms with van der Waals surface area (Å²) in [5.41, 5.74) is 2.07. The van der Waals surface area contributed by atoms with E-state index in [4.69, 9.17) is 4.74 Å². The molecule has 1 aliphatic heterocycles. The number of carbonyl (C=O) groups excluding carboxylic acids is 1. The molecule has 1 aromatic heterocycles. The predicted octanol–water partition coefficient (Wildman–Crippen LogP) is 5.67. The highest BCUT2D eigenvalue weighted by Crippen LogP contribution is 2.25. The van der Waals surface area contributed by atoms with Crippen LogP contribution in [-0.4, -0.2) is 37.2 Å². The molecule has 1 atom stereocenters. The van der Waals surface area contributed by atoms with Crippen LogP contribution in [0.25, 0.3) is 0 Å². The number of hydrogen-bond donors (Lipinski definition) is 2. The molecular weight excluding hydrogens is 382 g/mol. The summed E-state index contributed by atoms with van der Waals surface area (Å²) < 4.78 is 5.67. The summed E-state index contributed by atoms with van der Waals surface area (Å²) in [6.45, 7) is 5.68. The van der Waals surface area contributed by atoms with Crippen LogP contribution in [0.5, 0.6) is 5.75 Å². The Morgan fingerprint density at radius 1 is 1.14 bits per heavy atom. The van der Waals surface area contributed by atoms with Gasteiger partial charge in [-0.05, 0) is 79.0 Å². The molecule has 2 amide bonds. The van der Waals surface area contributed by atoms with Crippen LogP contribution in [0.15, 0.2) is 41.1 Å². The fourth-order valence-electron chi connectivity index (χ4n) is 3.66. The van der Waals surface area contributed by atoms with Crippen molar-refractivity contribution in [3.8, 4) is 5.75 Å². The second-order valence-corrected chi connectivity index (χ2v) is 8.36. The molecule has 0 aliphatic carbocycles. The van der Waals surface area contributed by atoms with Crippen LogP contribution in [0.3, 0.4) is 0 Å². The van der Waals surface area contributed by atoms with Gasteiger partial charge in [-0.2, -0.15) is 11.3 Å². The van der Waals surface area contributed by atoms with Gasteiger partial charge in [0, 0.05) is 12.2 Å². The van der Waals surface area contributed by atoms with Gasteiger partial charge in [-0.3, -0.25) is 4.90 Å². The van der Waals surface area contributed by atoms with Crippen molar-refractivity contribution in [2.45, 2.75) is 51.5 Å². The lowest BCUT2D eigenvalue weighted by molar-refractivity contribution is 0.199. The molecule has 0 bridgehead atoms. The minimum atomic E-state index is -0.167. The highest BCUT2D eigenvalue weighted by molar-refractivity contribution is 7.07. The third kappa shape index (κ3) is 7.05.